The Morgan fingerprint density at radius 2 is 1.23 bits per heavy atom. The lowest BCUT2D eigenvalue weighted by Crippen LogP contribution is -2.27. The first-order valence-corrected chi connectivity index (χ1v) is 15.6. The fourth-order valence-corrected chi connectivity index (χ4v) is 4.98. The second-order valence-electron chi connectivity index (χ2n) is 10.2. The summed E-state index contributed by atoms with van der Waals surface area (Å²) in [4.78, 5) is 22.8. The first kappa shape index (κ1) is 34.5. The van der Waals surface area contributed by atoms with Crippen LogP contribution in [0, 0.1) is 5.92 Å². The summed E-state index contributed by atoms with van der Waals surface area (Å²) in [5, 5.41) is 0. The largest absolute Gasteiger partial charge is 0.473 e. The molecule has 0 spiro atoms. The van der Waals surface area contributed by atoms with Crippen molar-refractivity contribution in [1.82, 2.24) is 4.90 Å². The van der Waals surface area contributed by atoms with E-state index >= 15 is 0 Å². The maximum absolute atomic E-state index is 12.2. The molecule has 3 atom stereocenters. The van der Waals surface area contributed by atoms with E-state index in [1.807, 2.05) is 0 Å². The van der Waals surface area contributed by atoms with Crippen molar-refractivity contribution in [2.45, 2.75) is 136 Å². The zero-order chi connectivity index (χ0) is 26.4. The molecule has 0 saturated heterocycles. The third-order valence-electron chi connectivity index (χ3n) is 6.47. The first-order valence-electron chi connectivity index (χ1n) is 14.1. The van der Waals surface area contributed by atoms with Crippen LogP contribution in [0.5, 0.6) is 0 Å². The van der Waals surface area contributed by atoms with Crippen LogP contribution in [0.3, 0.4) is 0 Å². The molecule has 0 saturated carbocycles. The van der Waals surface area contributed by atoms with Gasteiger partial charge in [0, 0.05) is 12.8 Å². The minimum absolute atomic E-state index is 0.0277. The molecule has 0 amide bonds. The minimum Gasteiger partial charge on any atom is -0.465 e. The maximum Gasteiger partial charge on any atom is 0.473 e. The molecule has 0 fully saturated rings. The quantitative estimate of drug-likeness (QED) is 0.0566. The van der Waals surface area contributed by atoms with Crippen LogP contribution in [-0.2, 0) is 23.1 Å². The zero-order valence-corrected chi connectivity index (χ0v) is 24.4. The Balaban J connectivity index is 3.85. The molecule has 7 nitrogen and oxygen atoms in total. The highest BCUT2D eigenvalue weighted by molar-refractivity contribution is 7.47. The van der Waals surface area contributed by atoms with Gasteiger partial charge in [-0.05, 0) is 27.4 Å². The van der Waals surface area contributed by atoms with Crippen molar-refractivity contribution in [2.75, 3.05) is 27.3 Å². The number of esters is 1. The highest BCUT2D eigenvalue weighted by Gasteiger charge is 2.27. The van der Waals surface area contributed by atoms with Crippen molar-refractivity contribution in [1.29, 1.82) is 0 Å². The van der Waals surface area contributed by atoms with Gasteiger partial charge < -0.3 is 9.63 Å². The predicted octanol–water partition coefficient (Wildman–Crippen LogP) is 7.86. The second kappa shape index (κ2) is 22.7. The van der Waals surface area contributed by atoms with Crippen LogP contribution < -0.4 is 0 Å². The van der Waals surface area contributed by atoms with Gasteiger partial charge in [0.15, 0.2) is 0 Å². The van der Waals surface area contributed by atoms with E-state index in [1.54, 1.807) is 25.9 Å². The second-order valence-corrected chi connectivity index (χ2v) is 11.6. The number of carbonyl (C=O) groups is 1. The van der Waals surface area contributed by atoms with Crippen molar-refractivity contribution in [3.05, 3.63) is 0 Å². The molecule has 0 radical (unpaired) electrons. The van der Waals surface area contributed by atoms with E-state index in [1.165, 1.54) is 96.8 Å². The number of rotatable bonds is 25. The molecular formula is C27H56NO6P. The Morgan fingerprint density at radius 1 is 0.800 bits per heavy atom. The Kier molecular flexibility index (Phi) is 22.4. The van der Waals surface area contributed by atoms with E-state index in [2.05, 4.69) is 6.92 Å². The molecule has 1 N–H and O–H groups in total. The third kappa shape index (κ3) is 23.7. The number of hydrogen-bond donors (Lipinski definition) is 1. The molecule has 35 heavy (non-hydrogen) atoms. The average molecular weight is 522 g/mol. The molecule has 0 heterocycles. The van der Waals surface area contributed by atoms with Crippen LogP contribution >= 0.6 is 7.82 Å². The maximum atomic E-state index is 12.2. The summed E-state index contributed by atoms with van der Waals surface area (Å²) >= 11 is 0. The number of nitrogens with zero attached hydrogens (tertiary/aromatic N) is 1. The van der Waals surface area contributed by atoms with Crippen molar-refractivity contribution >= 4 is 13.8 Å². The molecule has 8 heteroatoms. The number of unbranched alkanes of at least 4 members (excludes halogenated alkanes) is 15. The SMILES string of the molecule is CCCCCCCCCCCCCCCCCCC(COC(C)=O)COP(=O)(O)OC(C)N(C)C. The van der Waals surface area contributed by atoms with Gasteiger partial charge in [-0.2, -0.15) is 0 Å². The van der Waals surface area contributed by atoms with Gasteiger partial charge in [0.1, 0.15) is 6.23 Å². The van der Waals surface area contributed by atoms with Gasteiger partial charge >= 0.3 is 13.8 Å². The van der Waals surface area contributed by atoms with Crippen LogP contribution in [0.15, 0.2) is 0 Å². The average Bonchev–Trinajstić information content (AvgIpc) is 2.79. The number of ether oxygens (including phenoxy) is 1. The van der Waals surface area contributed by atoms with E-state index in [-0.39, 0.29) is 25.1 Å². The highest BCUT2D eigenvalue weighted by Crippen LogP contribution is 2.45. The number of hydrogen-bond acceptors (Lipinski definition) is 6. The van der Waals surface area contributed by atoms with Gasteiger partial charge in [-0.25, -0.2) is 4.57 Å². The van der Waals surface area contributed by atoms with E-state index in [0.29, 0.717) is 0 Å². The molecule has 210 valence electrons. The van der Waals surface area contributed by atoms with Gasteiger partial charge in [0.05, 0.1) is 13.2 Å². The predicted molar refractivity (Wildman–Crippen MR) is 144 cm³/mol. The molecule has 0 aromatic rings. The van der Waals surface area contributed by atoms with E-state index in [4.69, 9.17) is 13.8 Å². The molecule has 0 aromatic carbocycles. The summed E-state index contributed by atoms with van der Waals surface area (Å²) in [6.45, 7) is 5.53. The standard InChI is InChI=1S/C27H56NO6P/c1-6-7-8-9-10-11-12-13-14-15-16-17-18-19-20-21-22-27(23-32-26(3)29)24-33-35(30,31)34-25(2)28(4)5/h25,27H,6-24H2,1-5H3,(H,30,31). The van der Waals surface area contributed by atoms with E-state index < -0.39 is 14.1 Å². The van der Waals surface area contributed by atoms with E-state index in [9.17, 15) is 14.3 Å². The van der Waals surface area contributed by atoms with Crippen LogP contribution in [-0.4, -0.2) is 49.3 Å². The smallest absolute Gasteiger partial charge is 0.465 e. The summed E-state index contributed by atoms with van der Waals surface area (Å²) in [6.07, 6.45) is 21.3. The lowest BCUT2D eigenvalue weighted by Gasteiger charge is -2.24. The molecule has 0 aliphatic carbocycles. The van der Waals surface area contributed by atoms with Gasteiger partial charge in [-0.3, -0.25) is 18.7 Å². The molecule has 0 rings (SSSR count). The number of phosphoric ester groups is 1. The fourth-order valence-electron chi connectivity index (χ4n) is 3.95. The third-order valence-corrected chi connectivity index (χ3v) is 7.52. The normalized spacial score (nSPS) is 15.2. The van der Waals surface area contributed by atoms with Gasteiger partial charge in [0.25, 0.3) is 0 Å². The Labute approximate surface area is 216 Å². The molecule has 0 bridgehead atoms. The molecule has 3 unspecified atom stereocenters. The lowest BCUT2D eigenvalue weighted by atomic mass is 10.0. The van der Waals surface area contributed by atoms with Gasteiger partial charge in [0.2, 0.25) is 0 Å². The van der Waals surface area contributed by atoms with Gasteiger partial charge in [-0.1, -0.05) is 110 Å². The summed E-state index contributed by atoms with van der Waals surface area (Å²) in [7, 11) is -0.651. The molecule has 0 aromatic heterocycles. The van der Waals surface area contributed by atoms with Crippen LogP contribution in [0.4, 0.5) is 0 Å². The lowest BCUT2D eigenvalue weighted by molar-refractivity contribution is -0.142. The zero-order valence-electron chi connectivity index (χ0n) is 23.5. The molecular weight excluding hydrogens is 465 g/mol. The Hall–Kier alpha value is -0.460. The molecule has 0 aliphatic rings. The molecule has 0 aliphatic heterocycles. The van der Waals surface area contributed by atoms with Crippen LogP contribution in [0.25, 0.3) is 0 Å². The van der Waals surface area contributed by atoms with Crippen molar-refractivity contribution in [2.24, 2.45) is 5.92 Å². The van der Waals surface area contributed by atoms with Crippen molar-refractivity contribution in [3.63, 3.8) is 0 Å². The van der Waals surface area contributed by atoms with E-state index in [0.717, 1.165) is 19.3 Å². The Bertz CT molecular complexity index is 546. The summed E-state index contributed by atoms with van der Waals surface area (Å²) < 4.78 is 27.6. The van der Waals surface area contributed by atoms with Crippen molar-refractivity contribution in [3.8, 4) is 0 Å². The minimum atomic E-state index is -4.16. The summed E-state index contributed by atoms with van der Waals surface area (Å²) in [5.74, 6) is -0.476. The first-order chi connectivity index (χ1) is 16.7. The fraction of sp³-hybridized carbons (Fsp3) is 0.963. The van der Waals surface area contributed by atoms with Gasteiger partial charge in [-0.15, -0.1) is 0 Å². The number of carbonyl (C=O) groups excluding carboxylic acids is 1. The van der Waals surface area contributed by atoms with Crippen LogP contribution in [0.2, 0.25) is 0 Å². The van der Waals surface area contributed by atoms with Crippen molar-refractivity contribution < 1.29 is 28.0 Å². The monoisotopic (exact) mass is 521 g/mol. The summed E-state index contributed by atoms with van der Waals surface area (Å²) in [6, 6.07) is 0. The Morgan fingerprint density at radius 3 is 1.63 bits per heavy atom. The highest BCUT2D eigenvalue weighted by atomic mass is 31.2. The summed E-state index contributed by atoms with van der Waals surface area (Å²) in [5.41, 5.74) is 0. The topological polar surface area (TPSA) is 85.3 Å². The van der Waals surface area contributed by atoms with Crippen LogP contribution in [0.1, 0.15) is 130 Å². The number of phosphoric acid groups is 1.